The summed E-state index contributed by atoms with van der Waals surface area (Å²) in [5.74, 6) is 0.832. The van der Waals surface area contributed by atoms with Crippen molar-refractivity contribution in [2.75, 3.05) is 40.5 Å². The van der Waals surface area contributed by atoms with E-state index in [1.807, 2.05) is 24.3 Å². The second-order valence-corrected chi connectivity index (χ2v) is 7.06. The predicted molar refractivity (Wildman–Crippen MR) is 103 cm³/mol. The third-order valence-electron chi connectivity index (χ3n) is 4.83. The molecule has 0 atom stereocenters. The Balaban J connectivity index is 1.61. The number of ether oxygens (including phenoxy) is 2. The molecule has 1 fully saturated rings. The highest BCUT2D eigenvalue weighted by Gasteiger charge is 2.36. The van der Waals surface area contributed by atoms with Crippen LogP contribution in [-0.4, -0.2) is 46.4 Å². The van der Waals surface area contributed by atoms with Crippen molar-refractivity contribution < 1.29 is 9.47 Å². The molecular weight excluding hydrogens is 338 g/mol. The number of rotatable bonds is 10. The lowest BCUT2D eigenvalue weighted by atomic mass is 9.67. The summed E-state index contributed by atoms with van der Waals surface area (Å²) < 4.78 is 10.9. The average molecular weight is 368 g/mol. The van der Waals surface area contributed by atoms with Crippen molar-refractivity contribution in [2.45, 2.75) is 32.3 Å². The van der Waals surface area contributed by atoms with Gasteiger partial charge in [-0.3, -0.25) is 4.99 Å². The second kappa shape index (κ2) is 10.6. The fraction of sp³-hybridized carbons (Fsp3) is 0.632. The van der Waals surface area contributed by atoms with Gasteiger partial charge < -0.3 is 20.1 Å². The van der Waals surface area contributed by atoms with E-state index < -0.39 is 0 Å². The van der Waals surface area contributed by atoms with Crippen LogP contribution in [0.4, 0.5) is 0 Å². The van der Waals surface area contributed by atoms with Crippen LogP contribution in [0.1, 0.15) is 31.2 Å². The van der Waals surface area contributed by atoms with Crippen LogP contribution in [0.15, 0.2) is 29.3 Å². The number of halogens is 1. The molecule has 140 valence electrons. The van der Waals surface area contributed by atoms with E-state index in [0.29, 0.717) is 18.6 Å². The van der Waals surface area contributed by atoms with Crippen LogP contribution in [0, 0.1) is 5.41 Å². The molecule has 0 aromatic heterocycles. The van der Waals surface area contributed by atoms with E-state index in [-0.39, 0.29) is 0 Å². The molecule has 0 radical (unpaired) electrons. The van der Waals surface area contributed by atoms with Crippen molar-refractivity contribution in [3.8, 4) is 0 Å². The number of guanidine groups is 1. The van der Waals surface area contributed by atoms with Crippen LogP contribution in [0.2, 0.25) is 5.02 Å². The van der Waals surface area contributed by atoms with E-state index in [9.17, 15) is 0 Å². The Labute approximate surface area is 156 Å². The van der Waals surface area contributed by atoms with E-state index in [1.165, 1.54) is 19.3 Å². The normalized spacial score (nSPS) is 16.4. The maximum atomic E-state index is 5.87. The van der Waals surface area contributed by atoms with Gasteiger partial charge >= 0.3 is 0 Å². The number of methoxy groups -OCH3 is 1. The lowest BCUT2D eigenvalue weighted by molar-refractivity contribution is 0.0731. The van der Waals surface area contributed by atoms with Crippen LogP contribution in [0.25, 0.3) is 0 Å². The smallest absolute Gasteiger partial charge is 0.191 e. The van der Waals surface area contributed by atoms with E-state index in [4.69, 9.17) is 21.1 Å². The van der Waals surface area contributed by atoms with Gasteiger partial charge in [0.25, 0.3) is 0 Å². The highest BCUT2D eigenvalue weighted by atomic mass is 35.5. The Morgan fingerprint density at radius 2 is 1.96 bits per heavy atom. The Bertz CT molecular complexity index is 530. The SMILES string of the molecule is CN=C(NCCOCc1ccc(Cl)cc1)NCC1(CCOC)CCC1. The van der Waals surface area contributed by atoms with Crippen molar-refractivity contribution in [2.24, 2.45) is 10.4 Å². The van der Waals surface area contributed by atoms with Crippen molar-refractivity contribution >= 4 is 17.6 Å². The van der Waals surface area contributed by atoms with Gasteiger partial charge in [0.05, 0.1) is 13.2 Å². The zero-order valence-corrected chi connectivity index (χ0v) is 16.1. The fourth-order valence-electron chi connectivity index (χ4n) is 3.01. The van der Waals surface area contributed by atoms with Gasteiger partial charge in [-0.25, -0.2) is 0 Å². The zero-order valence-electron chi connectivity index (χ0n) is 15.3. The molecule has 2 rings (SSSR count). The van der Waals surface area contributed by atoms with Gasteiger partial charge in [0.1, 0.15) is 0 Å². The summed E-state index contributed by atoms with van der Waals surface area (Å²) in [6.07, 6.45) is 4.96. The molecule has 0 saturated heterocycles. The largest absolute Gasteiger partial charge is 0.385 e. The maximum absolute atomic E-state index is 5.87. The summed E-state index contributed by atoms with van der Waals surface area (Å²) in [7, 11) is 3.57. The van der Waals surface area contributed by atoms with Gasteiger partial charge in [-0.1, -0.05) is 30.2 Å². The summed E-state index contributed by atoms with van der Waals surface area (Å²) in [6, 6.07) is 7.72. The first-order valence-corrected chi connectivity index (χ1v) is 9.31. The number of hydrogen-bond donors (Lipinski definition) is 2. The molecule has 6 heteroatoms. The van der Waals surface area contributed by atoms with Gasteiger partial charge in [0.2, 0.25) is 0 Å². The Kier molecular flexibility index (Phi) is 8.52. The van der Waals surface area contributed by atoms with Crippen molar-refractivity contribution in [1.82, 2.24) is 10.6 Å². The third-order valence-corrected chi connectivity index (χ3v) is 5.08. The number of aliphatic imine (C=N–C) groups is 1. The van der Waals surface area contributed by atoms with Gasteiger partial charge in [-0.05, 0) is 42.4 Å². The van der Waals surface area contributed by atoms with E-state index in [1.54, 1.807) is 14.2 Å². The number of nitrogens with one attached hydrogen (secondary N) is 2. The van der Waals surface area contributed by atoms with E-state index in [2.05, 4.69) is 15.6 Å². The minimum absolute atomic E-state index is 0.374. The maximum Gasteiger partial charge on any atom is 0.191 e. The van der Waals surface area contributed by atoms with Crippen LogP contribution in [0.5, 0.6) is 0 Å². The first-order chi connectivity index (χ1) is 12.2. The van der Waals surface area contributed by atoms with Crippen LogP contribution in [0.3, 0.4) is 0 Å². The summed E-state index contributed by atoms with van der Waals surface area (Å²) in [4.78, 5) is 4.29. The topological polar surface area (TPSA) is 54.9 Å². The van der Waals surface area contributed by atoms with Crippen LogP contribution < -0.4 is 10.6 Å². The molecule has 0 heterocycles. The lowest BCUT2D eigenvalue weighted by Crippen LogP contribution is -2.47. The van der Waals surface area contributed by atoms with Crippen molar-refractivity contribution in [1.29, 1.82) is 0 Å². The van der Waals surface area contributed by atoms with E-state index in [0.717, 1.165) is 42.7 Å². The quantitative estimate of drug-likeness (QED) is 0.379. The standard InChI is InChI=1S/C19H30ClN3O2/c1-21-18(23-15-19(8-3-9-19)10-12-24-2)22-11-13-25-14-16-4-6-17(20)7-5-16/h4-7H,3,8-15H2,1-2H3,(H2,21,22,23). The second-order valence-electron chi connectivity index (χ2n) is 6.63. The first-order valence-electron chi connectivity index (χ1n) is 8.93. The number of benzene rings is 1. The number of nitrogens with zero attached hydrogens (tertiary/aromatic N) is 1. The molecule has 25 heavy (non-hydrogen) atoms. The molecule has 0 aliphatic heterocycles. The summed E-state index contributed by atoms with van der Waals surface area (Å²) in [6.45, 7) is 3.70. The summed E-state index contributed by atoms with van der Waals surface area (Å²) >= 11 is 5.87. The van der Waals surface area contributed by atoms with Crippen LogP contribution in [-0.2, 0) is 16.1 Å². The van der Waals surface area contributed by atoms with Crippen molar-refractivity contribution in [3.63, 3.8) is 0 Å². The van der Waals surface area contributed by atoms with Crippen molar-refractivity contribution in [3.05, 3.63) is 34.9 Å². The molecule has 5 nitrogen and oxygen atoms in total. The van der Waals surface area contributed by atoms with Crippen LogP contribution >= 0.6 is 11.6 Å². The molecule has 1 aromatic rings. The Morgan fingerprint density at radius 1 is 1.20 bits per heavy atom. The first kappa shape index (κ1) is 20.0. The van der Waals surface area contributed by atoms with E-state index >= 15 is 0 Å². The molecule has 1 aliphatic carbocycles. The molecule has 1 aromatic carbocycles. The molecule has 0 amide bonds. The lowest BCUT2D eigenvalue weighted by Gasteiger charge is -2.42. The van der Waals surface area contributed by atoms with Gasteiger partial charge in [0.15, 0.2) is 5.96 Å². The molecule has 0 unspecified atom stereocenters. The summed E-state index contributed by atoms with van der Waals surface area (Å²) in [5, 5.41) is 7.50. The summed E-state index contributed by atoms with van der Waals surface area (Å²) in [5.41, 5.74) is 1.50. The molecule has 2 N–H and O–H groups in total. The van der Waals surface area contributed by atoms with Gasteiger partial charge in [0, 0.05) is 38.9 Å². The minimum Gasteiger partial charge on any atom is -0.385 e. The molecular formula is C19H30ClN3O2. The minimum atomic E-state index is 0.374. The monoisotopic (exact) mass is 367 g/mol. The number of hydrogen-bond acceptors (Lipinski definition) is 3. The van der Waals surface area contributed by atoms with Gasteiger partial charge in [-0.15, -0.1) is 0 Å². The molecule has 0 spiro atoms. The third kappa shape index (κ3) is 6.84. The molecule has 0 bridgehead atoms. The van der Waals surface area contributed by atoms with Gasteiger partial charge in [-0.2, -0.15) is 0 Å². The fourth-order valence-corrected chi connectivity index (χ4v) is 3.14. The predicted octanol–water partition coefficient (Wildman–Crippen LogP) is 3.23. The molecule has 1 saturated carbocycles. The highest BCUT2D eigenvalue weighted by molar-refractivity contribution is 6.30. The molecule has 1 aliphatic rings. The Morgan fingerprint density at radius 3 is 2.56 bits per heavy atom. The zero-order chi connectivity index (χ0) is 18.0. The highest BCUT2D eigenvalue weighted by Crippen LogP contribution is 2.43. The Hall–Kier alpha value is -1.30. The average Bonchev–Trinajstić information content (AvgIpc) is 2.60.